The number of anilines is 1. The van der Waals surface area contributed by atoms with E-state index in [9.17, 15) is 9.18 Å². The van der Waals surface area contributed by atoms with Gasteiger partial charge in [0.15, 0.2) is 4.32 Å². The van der Waals surface area contributed by atoms with Crippen LogP contribution in [-0.2, 0) is 11.4 Å². The summed E-state index contributed by atoms with van der Waals surface area (Å²) in [6.45, 7) is 4.06. The second-order valence-corrected chi connectivity index (χ2v) is 9.96. The van der Waals surface area contributed by atoms with E-state index in [4.69, 9.17) is 17.0 Å². The van der Waals surface area contributed by atoms with Gasteiger partial charge in [0.25, 0.3) is 5.91 Å². The molecule has 4 rings (SSSR count). The summed E-state index contributed by atoms with van der Waals surface area (Å²) in [5.74, 6) is 0.0562. The van der Waals surface area contributed by atoms with Crippen molar-refractivity contribution in [1.82, 2.24) is 0 Å². The van der Waals surface area contributed by atoms with E-state index in [0.29, 0.717) is 26.1 Å². The number of hydrogen-bond acceptors (Lipinski definition) is 4. The average Bonchev–Trinajstić information content (AvgIpc) is 3.02. The maximum Gasteiger partial charge on any atom is 0.270 e. The summed E-state index contributed by atoms with van der Waals surface area (Å²) in [5, 5.41) is 0. The number of hydrogen-bond donors (Lipinski definition) is 0. The second-order valence-electron chi connectivity index (χ2n) is 7.37. The summed E-state index contributed by atoms with van der Waals surface area (Å²) < 4.78 is 21.2. The molecule has 0 atom stereocenters. The molecule has 0 N–H and O–H groups in total. The van der Waals surface area contributed by atoms with E-state index in [1.807, 2.05) is 44.2 Å². The predicted octanol–water partition coefficient (Wildman–Crippen LogP) is 7.19. The number of benzene rings is 3. The Bertz CT molecular complexity index is 1260. The molecule has 32 heavy (non-hydrogen) atoms. The Hall–Kier alpha value is -2.48. The lowest BCUT2D eigenvalue weighted by Gasteiger charge is -2.17. The maximum atomic E-state index is 14.0. The quantitative estimate of drug-likeness (QED) is 0.259. The van der Waals surface area contributed by atoms with Crippen molar-refractivity contribution < 1.29 is 13.9 Å². The summed E-state index contributed by atoms with van der Waals surface area (Å²) in [6.07, 6.45) is 1.77. The van der Waals surface area contributed by atoms with Crippen LogP contribution in [0.1, 0.15) is 22.3 Å². The SMILES string of the molecule is Cc1ccc(N2C(=O)/C(=C\c3cc(Br)ccc3OCc3ccccc3F)SC2=S)c(C)c1. The van der Waals surface area contributed by atoms with Gasteiger partial charge >= 0.3 is 0 Å². The highest BCUT2D eigenvalue weighted by Crippen LogP contribution is 2.39. The molecule has 1 fully saturated rings. The molecule has 3 nitrogen and oxygen atoms in total. The summed E-state index contributed by atoms with van der Waals surface area (Å²) in [7, 11) is 0. The van der Waals surface area contributed by atoms with Crippen LogP contribution in [0.3, 0.4) is 0 Å². The monoisotopic (exact) mass is 527 g/mol. The number of ether oxygens (including phenoxy) is 1. The van der Waals surface area contributed by atoms with E-state index >= 15 is 0 Å². The van der Waals surface area contributed by atoms with E-state index in [0.717, 1.165) is 21.3 Å². The highest BCUT2D eigenvalue weighted by Gasteiger charge is 2.34. The van der Waals surface area contributed by atoms with Crippen LogP contribution in [0.15, 0.2) is 70.0 Å². The van der Waals surface area contributed by atoms with Crippen LogP contribution in [0.5, 0.6) is 5.75 Å². The van der Waals surface area contributed by atoms with Gasteiger partial charge in [-0.3, -0.25) is 9.69 Å². The molecule has 3 aromatic rings. The minimum atomic E-state index is -0.319. The van der Waals surface area contributed by atoms with Gasteiger partial charge in [0, 0.05) is 15.6 Å². The molecule has 0 unspecified atom stereocenters. The number of nitrogens with zero attached hydrogens (tertiary/aromatic N) is 1. The molecule has 3 aromatic carbocycles. The molecule has 0 bridgehead atoms. The third-order valence-corrected chi connectivity index (χ3v) is 6.78. The fourth-order valence-corrected chi connectivity index (χ4v) is 5.06. The van der Waals surface area contributed by atoms with Gasteiger partial charge in [-0.25, -0.2) is 4.39 Å². The Morgan fingerprint density at radius 2 is 1.91 bits per heavy atom. The van der Waals surface area contributed by atoms with E-state index < -0.39 is 0 Å². The molecular formula is C25H19BrFNO2S2. The zero-order valence-corrected chi connectivity index (χ0v) is 20.6. The van der Waals surface area contributed by atoms with Crippen LogP contribution in [-0.4, -0.2) is 10.2 Å². The van der Waals surface area contributed by atoms with Crippen LogP contribution >= 0.6 is 39.9 Å². The van der Waals surface area contributed by atoms with Crippen molar-refractivity contribution in [3.63, 3.8) is 0 Å². The fourth-order valence-electron chi connectivity index (χ4n) is 3.41. The van der Waals surface area contributed by atoms with Gasteiger partial charge in [-0.2, -0.15) is 0 Å². The fraction of sp³-hybridized carbons (Fsp3) is 0.120. The third-order valence-electron chi connectivity index (χ3n) is 4.99. The average molecular weight is 528 g/mol. The number of carbonyl (C=O) groups is 1. The number of thioether (sulfide) groups is 1. The van der Waals surface area contributed by atoms with Crippen molar-refractivity contribution in [1.29, 1.82) is 0 Å². The first-order chi connectivity index (χ1) is 15.3. The van der Waals surface area contributed by atoms with Crippen molar-refractivity contribution in [2.24, 2.45) is 0 Å². The van der Waals surface area contributed by atoms with Crippen molar-refractivity contribution in [2.75, 3.05) is 4.90 Å². The van der Waals surface area contributed by atoms with Crippen LogP contribution in [0.4, 0.5) is 10.1 Å². The predicted molar refractivity (Wildman–Crippen MR) is 136 cm³/mol. The highest BCUT2D eigenvalue weighted by molar-refractivity contribution is 9.10. The molecule has 0 radical (unpaired) electrons. The zero-order valence-electron chi connectivity index (χ0n) is 17.4. The molecule has 1 aliphatic heterocycles. The lowest BCUT2D eigenvalue weighted by molar-refractivity contribution is -0.113. The first-order valence-electron chi connectivity index (χ1n) is 9.84. The number of thiocarbonyl (C=S) groups is 1. The first-order valence-corrected chi connectivity index (χ1v) is 11.9. The Labute approximate surface area is 204 Å². The van der Waals surface area contributed by atoms with Gasteiger partial charge in [0.2, 0.25) is 0 Å². The van der Waals surface area contributed by atoms with Crippen molar-refractivity contribution >= 4 is 61.9 Å². The van der Waals surface area contributed by atoms with Gasteiger partial charge in [-0.05, 0) is 55.8 Å². The van der Waals surface area contributed by atoms with Gasteiger partial charge in [0.05, 0.1) is 10.6 Å². The molecule has 1 amide bonds. The number of halogens is 2. The molecular weight excluding hydrogens is 509 g/mol. The Morgan fingerprint density at radius 3 is 2.66 bits per heavy atom. The van der Waals surface area contributed by atoms with Gasteiger partial charge < -0.3 is 4.74 Å². The lowest BCUT2D eigenvalue weighted by Crippen LogP contribution is -2.28. The molecule has 1 saturated heterocycles. The minimum Gasteiger partial charge on any atom is -0.488 e. The van der Waals surface area contributed by atoms with E-state index in [1.54, 1.807) is 35.2 Å². The Morgan fingerprint density at radius 1 is 1.12 bits per heavy atom. The summed E-state index contributed by atoms with van der Waals surface area (Å²) >= 11 is 10.2. The zero-order chi connectivity index (χ0) is 22.8. The number of aryl methyl sites for hydroxylation is 2. The lowest BCUT2D eigenvalue weighted by atomic mass is 10.1. The highest BCUT2D eigenvalue weighted by atomic mass is 79.9. The van der Waals surface area contributed by atoms with Crippen LogP contribution < -0.4 is 9.64 Å². The van der Waals surface area contributed by atoms with Crippen LogP contribution in [0.25, 0.3) is 6.08 Å². The Balaban J connectivity index is 1.63. The van der Waals surface area contributed by atoms with Gasteiger partial charge in [-0.1, -0.05) is 75.8 Å². The Kier molecular flexibility index (Phi) is 6.79. The van der Waals surface area contributed by atoms with Gasteiger partial charge in [-0.15, -0.1) is 0 Å². The van der Waals surface area contributed by atoms with Crippen LogP contribution in [0.2, 0.25) is 0 Å². The summed E-state index contributed by atoms with van der Waals surface area (Å²) in [4.78, 5) is 15.3. The summed E-state index contributed by atoms with van der Waals surface area (Å²) in [6, 6.07) is 17.9. The number of amides is 1. The summed E-state index contributed by atoms with van der Waals surface area (Å²) in [5.41, 5.74) is 4.06. The van der Waals surface area contributed by atoms with E-state index in [2.05, 4.69) is 15.9 Å². The van der Waals surface area contributed by atoms with Crippen LogP contribution in [0, 0.1) is 19.7 Å². The largest absolute Gasteiger partial charge is 0.488 e. The van der Waals surface area contributed by atoms with Crippen molar-refractivity contribution in [2.45, 2.75) is 20.5 Å². The van der Waals surface area contributed by atoms with E-state index in [-0.39, 0.29) is 18.3 Å². The molecule has 1 aliphatic rings. The molecule has 0 aliphatic carbocycles. The normalized spacial score (nSPS) is 15.0. The second kappa shape index (κ2) is 9.57. The molecule has 0 saturated carbocycles. The molecule has 1 heterocycles. The standard InChI is InChI=1S/C25H19BrFNO2S2/c1-15-7-9-21(16(2)11-15)28-24(29)23(32-25(28)31)13-18-12-19(26)8-10-22(18)30-14-17-5-3-4-6-20(17)27/h3-13H,14H2,1-2H3/b23-13+. The molecule has 7 heteroatoms. The van der Waals surface area contributed by atoms with Gasteiger partial charge in [0.1, 0.15) is 18.2 Å². The first kappa shape index (κ1) is 22.7. The maximum absolute atomic E-state index is 14.0. The number of rotatable bonds is 5. The topological polar surface area (TPSA) is 29.5 Å². The third kappa shape index (κ3) is 4.80. The minimum absolute atomic E-state index is 0.0820. The van der Waals surface area contributed by atoms with Crippen molar-refractivity contribution in [3.05, 3.63) is 98.1 Å². The molecule has 0 spiro atoms. The molecule has 162 valence electrons. The number of carbonyl (C=O) groups excluding carboxylic acids is 1. The smallest absolute Gasteiger partial charge is 0.270 e. The van der Waals surface area contributed by atoms with E-state index in [1.165, 1.54) is 17.8 Å². The molecule has 0 aromatic heterocycles. The van der Waals surface area contributed by atoms with Crippen molar-refractivity contribution in [3.8, 4) is 5.75 Å².